The lowest BCUT2D eigenvalue weighted by atomic mass is 9.99. The Kier molecular flexibility index (Phi) is 13.4. The fourth-order valence-electron chi connectivity index (χ4n) is 7.89. The molecule has 74 heavy (non-hydrogen) atoms. The number of anilines is 3. The Bertz CT molecular complexity index is 3400. The number of amides is 1. The summed E-state index contributed by atoms with van der Waals surface area (Å²) in [5.41, 5.74) is 15.0. The van der Waals surface area contributed by atoms with Gasteiger partial charge in [0, 0.05) is 41.6 Å². The molecular formula is C54H39F8N5O7. The number of carbonyl (C=O) groups is 1. The normalized spacial score (nSPS) is 14.5. The molecule has 20 heteroatoms. The van der Waals surface area contributed by atoms with Crippen molar-refractivity contribution in [3.05, 3.63) is 186 Å². The zero-order chi connectivity index (χ0) is 52.5. The van der Waals surface area contributed by atoms with Gasteiger partial charge in [0.05, 0.1) is 18.0 Å². The van der Waals surface area contributed by atoms with Gasteiger partial charge in [0.15, 0.2) is 40.3 Å². The molecule has 0 fully saturated rings. The molecule has 0 atom stereocenters. The van der Waals surface area contributed by atoms with Crippen molar-refractivity contribution in [3.63, 3.8) is 0 Å². The molecule has 3 aliphatic heterocycles. The second kappa shape index (κ2) is 19.9. The van der Waals surface area contributed by atoms with Gasteiger partial charge in [-0.3, -0.25) is 14.8 Å². The van der Waals surface area contributed by atoms with Crippen LogP contribution in [0.4, 0.5) is 52.2 Å². The number of pyridine rings is 2. The van der Waals surface area contributed by atoms with Crippen molar-refractivity contribution in [3.8, 4) is 67.9 Å². The van der Waals surface area contributed by atoms with Gasteiger partial charge >= 0.3 is 18.9 Å². The number of carbonyl (C=O) groups excluding carboxylic acids is 1. The number of hydrogen-bond acceptors (Lipinski definition) is 11. The molecule has 8 aromatic rings. The van der Waals surface area contributed by atoms with Crippen LogP contribution >= 0.6 is 0 Å². The van der Waals surface area contributed by atoms with Crippen molar-refractivity contribution in [2.75, 3.05) is 16.4 Å². The molecule has 0 saturated carbocycles. The predicted octanol–water partition coefficient (Wildman–Crippen LogP) is 13.5. The summed E-state index contributed by atoms with van der Waals surface area (Å²) in [5, 5.41) is 5.73. The summed E-state index contributed by atoms with van der Waals surface area (Å²) < 4.78 is 133. The van der Waals surface area contributed by atoms with E-state index in [1.165, 1.54) is 42.9 Å². The van der Waals surface area contributed by atoms with Crippen molar-refractivity contribution in [1.29, 1.82) is 0 Å². The number of benzene rings is 6. The van der Waals surface area contributed by atoms with E-state index < -0.39 is 30.6 Å². The van der Waals surface area contributed by atoms with Crippen LogP contribution in [0.3, 0.4) is 0 Å². The van der Waals surface area contributed by atoms with Crippen LogP contribution in [-0.4, -0.2) is 34.8 Å². The number of nitrogens with two attached hydrogens (primary N) is 1. The Morgan fingerprint density at radius 1 is 0.500 bits per heavy atom. The van der Waals surface area contributed by atoms with Gasteiger partial charge in [0.25, 0.3) is 5.91 Å². The molecule has 2 aromatic heterocycles. The van der Waals surface area contributed by atoms with Gasteiger partial charge < -0.3 is 44.8 Å². The third kappa shape index (κ3) is 11.3. The highest BCUT2D eigenvalue weighted by Gasteiger charge is 2.45. The summed E-state index contributed by atoms with van der Waals surface area (Å²) >= 11 is 0. The molecule has 378 valence electrons. The van der Waals surface area contributed by atoms with Crippen LogP contribution in [0, 0.1) is 32.4 Å². The Morgan fingerprint density at radius 3 is 1.27 bits per heavy atom. The van der Waals surface area contributed by atoms with E-state index in [0.29, 0.717) is 29.0 Å². The first-order valence-corrected chi connectivity index (χ1v) is 22.2. The molecule has 0 bridgehead atoms. The molecule has 6 aromatic carbocycles. The molecule has 4 N–H and O–H groups in total. The minimum atomic E-state index is -3.68. The maximum atomic E-state index is 13.6. The van der Waals surface area contributed by atoms with Crippen molar-refractivity contribution < 1.29 is 68.3 Å². The predicted molar refractivity (Wildman–Crippen MR) is 257 cm³/mol. The maximum Gasteiger partial charge on any atom is 0.586 e. The van der Waals surface area contributed by atoms with E-state index in [2.05, 4.69) is 49.0 Å². The lowest BCUT2D eigenvalue weighted by Gasteiger charge is -2.10. The van der Waals surface area contributed by atoms with Crippen LogP contribution in [0.2, 0.25) is 0 Å². The standard InChI is InChI=1S/C20H13F3N2O3.C20H15F3N2O2.C14H11F2NO2/c1-11-8-17-18(28-20(22,23)27-17)9-15(11)12-2-4-13(5-3-12)25-19(26)14-6-7-24-10-16(14)21;1-12-8-18-19(27-20(22,23)26-18)9-16(12)13-2-4-15(5-3-13)25-10-14-6-7-24-11-17(14)21;1-8-6-12-13(19-14(15,16)18-12)7-11(8)9-2-4-10(17)5-3-9/h2-10H,1H3,(H,25,26);2-9,11,25H,10H2,1H3;2-7H,17H2,1H3. The summed E-state index contributed by atoms with van der Waals surface area (Å²) in [7, 11) is 0. The van der Waals surface area contributed by atoms with E-state index >= 15 is 0 Å². The molecule has 1 amide bonds. The summed E-state index contributed by atoms with van der Waals surface area (Å²) in [6.07, 6.45) is -5.90. The second-order valence-electron chi connectivity index (χ2n) is 16.8. The van der Waals surface area contributed by atoms with Gasteiger partial charge in [-0.25, -0.2) is 8.78 Å². The number of alkyl halides is 6. The van der Waals surface area contributed by atoms with Gasteiger partial charge in [0.2, 0.25) is 0 Å². The first-order chi connectivity index (χ1) is 35.2. The molecular weight excluding hydrogens is 983 g/mol. The number of fused-ring (bicyclic) bond motifs is 3. The molecule has 5 heterocycles. The van der Waals surface area contributed by atoms with Crippen molar-refractivity contribution in [2.24, 2.45) is 0 Å². The number of nitrogen functional groups attached to an aromatic ring is 1. The minimum absolute atomic E-state index is 0.0102. The van der Waals surface area contributed by atoms with Gasteiger partial charge in [-0.05, 0) is 156 Å². The summed E-state index contributed by atoms with van der Waals surface area (Å²) in [6.45, 7) is 5.72. The second-order valence-corrected chi connectivity index (χ2v) is 16.8. The zero-order valence-corrected chi connectivity index (χ0v) is 38.9. The first kappa shape index (κ1) is 49.9. The van der Waals surface area contributed by atoms with Gasteiger partial charge in [-0.1, -0.05) is 36.4 Å². The van der Waals surface area contributed by atoms with Crippen molar-refractivity contribution in [2.45, 2.75) is 46.2 Å². The third-order valence-corrected chi connectivity index (χ3v) is 11.5. The molecule has 12 nitrogen and oxygen atoms in total. The van der Waals surface area contributed by atoms with E-state index in [1.54, 1.807) is 67.6 Å². The first-order valence-electron chi connectivity index (χ1n) is 22.2. The molecule has 0 saturated heterocycles. The highest BCUT2D eigenvalue weighted by atomic mass is 19.3. The van der Waals surface area contributed by atoms with Gasteiger partial charge in [-0.15, -0.1) is 26.3 Å². The van der Waals surface area contributed by atoms with E-state index in [0.717, 1.165) is 56.4 Å². The number of ether oxygens (including phenoxy) is 6. The van der Waals surface area contributed by atoms with E-state index in [9.17, 15) is 39.9 Å². The quantitative estimate of drug-likeness (QED) is 0.0986. The van der Waals surface area contributed by atoms with E-state index in [-0.39, 0.29) is 45.9 Å². The summed E-state index contributed by atoms with van der Waals surface area (Å²) in [4.78, 5) is 19.5. The Morgan fingerprint density at radius 2 is 0.865 bits per heavy atom. The number of nitrogens with one attached hydrogen (secondary N) is 2. The monoisotopic (exact) mass is 1020 g/mol. The fraction of sp³-hybridized carbons (Fsp3) is 0.130. The van der Waals surface area contributed by atoms with Crippen molar-refractivity contribution >= 4 is 23.0 Å². The SMILES string of the molecule is Cc1cc2c(cc1-c1ccc(N)cc1)OC(F)(F)O2.Cc1cc2c(cc1-c1ccc(NC(=O)c3ccncc3F)cc1)OC(F)(F)O2.Cc1cc2c(cc1-c1ccc(NCc3ccncc3F)cc1)OC(F)(F)O2. The summed E-state index contributed by atoms with van der Waals surface area (Å²) in [5.74, 6) is -1.61. The topological polar surface area (TPSA) is 148 Å². The maximum absolute atomic E-state index is 13.6. The van der Waals surface area contributed by atoms with Gasteiger partial charge in [-0.2, -0.15) is 0 Å². The molecule has 3 aliphatic rings. The van der Waals surface area contributed by atoms with Gasteiger partial charge in [0.1, 0.15) is 5.82 Å². The molecule has 0 unspecified atom stereocenters. The van der Waals surface area contributed by atoms with Crippen LogP contribution in [0.1, 0.15) is 32.6 Å². The number of halogens is 8. The Hall–Kier alpha value is -9.07. The largest absolute Gasteiger partial charge is 0.586 e. The fourth-order valence-corrected chi connectivity index (χ4v) is 7.89. The number of aromatic nitrogens is 2. The third-order valence-electron chi connectivity index (χ3n) is 11.5. The highest BCUT2D eigenvalue weighted by Crippen LogP contribution is 2.47. The lowest BCUT2D eigenvalue weighted by Crippen LogP contribution is -2.25. The smallest absolute Gasteiger partial charge is 0.399 e. The highest BCUT2D eigenvalue weighted by molar-refractivity contribution is 6.04. The lowest BCUT2D eigenvalue weighted by molar-refractivity contribution is -0.287. The number of nitrogens with zero attached hydrogens (tertiary/aromatic N) is 2. The molecule has 0 spiro atoms. The minimum Gasteiger partial charge on any atom is -0.399 e. The molecule has 11 rings (SSSR count). The number of hydrogen-bond donors (Lipinski definition) is 3. The van der Waals surface area contributed by atoms with Crippen LogP contribution in [0.15, 0.2) is 146 Å². The Labute approximate surface area is 416 Å². The number of rotatable bonds is 8. The van der Waals surface area contributed by atoms with Crippen LogP contribution in [0.5, 0.6) is 34.5 Å². The average molecular weight is 1020 g/mol. The van der Waals surface area contributed by atoms with E-state index in [1.807, 2.05) is 50.2 Å². The molecule has 0 aliphatic carbocycles. The number of aryl methyl sites for hydroxylation is 3. The summed E-state index contributed by atoms with van der Waals surface area (Å²) in [6, 6.07) is 33.3. The average Bonchev–Trinajstić information content (AvgIpc) is 3.96. The zero-order valence-electron chi connectivity index (χ0n) is 38.9. The van der Waals surface area contributed by atoms with Crippen LogP contribution < -0.4 is 44.8 Å². The van der Waals surface area contributed by atoms with Crippen LogP contribution in [0.25, 0.3) is 33.4 Å². The van der Waals surface area contributed by atoms with Crippen LogP contribution in [-0.2, 0) is 6.54 Å². The van der Waals surface area contributed by atoms with E-state index in [4.69, 9.17) is 5.73 Å². The van der Waals surface area contributed by atoms with Crippen molar-refractivity contribution in [1.82, 2.24) is 9.97 Å². The molecule has 0 radical (unpaired) electrons. The Balaban J connectivity index is 0.000000139.